The van der Waals surface area contributed by atoms with Crippen molar-refractivity contribution >= 4 is 10.0 Å². The highest BCUT2D eigenvalue weighted by molar-refractivity contribution is 7.89. The second-order valence-corrected chi connectivity index (χ2v) is 5.30. The Morgan fingerprint density at radius 2 is 1.67 bits per heavy atom. The van der Waals surface area contributed by atoms with Gasteiger partial charge in [-0.3, -0.25) is 0 Å². The van der Waals surface area contributed by atoms with E-state index in [9.17, 15) is 8.42 Å². The molecule has 12 heavy (non-hydrogen) atoms. The van der Waals surface area contributed by atoms with Gasteiger partial charge in [0.1, 0.15) is 0 Å². The fraction of sp³-hybridized carbons (Fsp3) is 1.00. The second-order valence-electron chi connectivity index (χ2n) is 3.32. The molecule has 0 radical (unpaired) electrons. The van der Waals surface area contributed by atoms with Crippen LogP contribution in [0.1, 0.15) is 40.0 Å². The number of nitrogens with two attached hydrogens (primary N) is 1. The van der Waals surface area contributed by atoms with E-state index in [1.807, 2.05) is 0 Å². The first-order chi connectivity index (χ1) is 5.41. The standard InChI is InChI=1S/C8H19NO2S/c1-4-8(5-2)6-7(3)12(9,10)11/h7-8H,4-6H2,1-3H3,(H2,9,10,11). The number of hydrogen-bond acceptors (Lipinski definition) is 2. The van der Waals surface area contributed by atoms with Gasteiger partial charge < -0.3 is 0 Å². The molecule has 0 aromatic rings. The molecular formula is C8H19NO2S. The predicted molar refractivity (Wildman–Crippen MR) is 51.3 cm³/mol. The molecule has 2 N–H and O–H groups in total. The highest BCUT2D eigenvalue weighted by atomic mass is 32.2. The number of rotatable bonds is 5. The highest BCUT2D eigenvalue weighted by Gasteiger charge is 2.18. The van der Waals surface area contributed by atoms with Crippen molar-refractivity contribution in [3.05, 3.63) is 0 Å². The molecular weight excluding hydrogens is 174 g/mol. The topological polar surface area (TPSA) is 60.2 Å². The zero-order valence-electron chi connectivity index (χ0n) is 8.08. The monoisotopic (exact) mass is 193 g/mol. The van der Waals surface area contributed by atoms with E-state index in [1.165, 1.54) is 0 Å². The minimum Gasteiger partial charge on any atom is -0.228 e. The third-order valence-electron chi connectivity index (χ3n) is 2.38. The van der Waals surface area contributed by atoms with Crippen LogP contribution >= 0.6 is 0 Å². The molecule has 0 rings (SSSR count). The summed E-state index contributed by atoms with van der Waals surface area (Å²) in [4.78, 5) is 0. The van der Waals surface area contributed by atoms with Gasteiger partial charge in [-0.15, -0.1) is 0 Å². The zero-order chi connectivity index (χ0) is 9.78. The molecule has 0 bridgehead atoms. The maximum Gasteiger partial charge on any atom is 0.211 e. The predicted octanol–water partition coefficient (Wildman–Crippen LogP) is 1.49. The summed E-state index contributed by atoms with van der Waals surface area (Å²) in [6.45, 7) is 5.82. The van der Waals surface area contributed by atoms with E-state index in [0.29, 0.717) is 12.3 Å². The fourth-order valence-electron chi connectivity index (χ4n) is 1.23. The third kappa shape index (κ3) is 4.07. The number of hydrogen-bond donors (Lipinski definition) is 1. The van der Waals surface area contributed by atoms with Crippen LogP contribution in [0.2, 0.25) is 0 Å². The summed E-state index contributed by atoms with van der Waals surface area (Å²) in [5.41, 5.74) is 0. The Morgan fingerprint density at radius 3 is 1.92 bits per heavy atom. The summed E-state index contributed by atoms with van der Waals surface area (Å²) in [6, 6.07) is 0. The summed E-state index contributed by atoms with van der Waals surface area (Å²) in [6.07, 6.45) is 2.73. The van der Waals surface area contributed by atoms with Crippen LogP contribution in [0.3, 0.4) is 0 Å². The van der Waals surface area contributed by atoms with Gasteiger partial charge in [0.05, 0.1) is 5.25 Å². The molecule has 1 atom stereocenters. The van der Waals surface area contributed by atoms with Crippen molar-refractivity contribution in [3.8, 4) is 0 Å². The summed E-state index contributed by atoms with van der Waals surface area (Å²) >= 11 is 0. The Hall–Kier alpha value is -0.0900. The maximum atomic E-state index is 10.9. The molecule has 4 heteroatoms. The van der Waals surface area contributed by atoms with E-state index in [4.69, 9.17) is 5.14 Å². The van der Waals surface area contributed by atoms with E-state index < -0.39 is 15.3 Å². The van der Waals surface area contributed by atoms with Crippen LogP contribution in [0.25, 0.3) is 0 Å². The molecule has 0 aliphatic rings. The molecule has 0 heterocycles. The van der Waals surface area contributed by atoms with E-state index >= 15 is 0 Å². The first-order valence-electron chi connectivity index (χ1n) is 4.43. The maximum absolute atomic E-state index is 10.9. The van der Waals surface area contributed by atoms with Crippen molar-refractivity contribution in [2.24, 2.45) is 11.1 Å². The summed E-state index contributed by atoms with van der Waals surface area (Å²) in [5.74, 6) is 0.485. The van der Waals surface area contributed by atoms with Crippen LogP contribution in [0.4, 0.5) is 0 Å². The van der Waals surface area contributed by atoms with E-state index in [1.54, 1.807) is 6.92 Å². The molecule has 0 fully saturated rings. The largest absolute Gasteiger partial charge is 0.228 e. The smallest absolute Gasteiger partial charge is 0.211 e. The lowest BCUT2D eigenvalue weighted by Crippen LogP contribution is -2.27. The Morgan fingerprint density at radius 1 is 1.25 bits per heavy atom. The van der Waals surface area contributed by atoms with Crippen molar-refractivity contribution in [2.75, 3.05) is 0 Å². The minimum atomic E-state index is -3.32. The second kappa shape index (κ2) is 4.82. The molecule has 0 aromatic carbocycles. The van der Waals surface area contributed by atoms with E-state index in [-0.39, 0.29) is 0 Å². The summed E-state index contributed by atoms with van der Waals surface area (Å²) in [5, 5.41) is 4.61. The van der Waals surface area contributed by atoms with Gasteiger partial charge in [-0.2, -0.15) is 0 Å². The van der Waals surface area contributed by atoms with E-state index in [2.05, 4.69) is 13.8 Å². The van der Waals surface area contributed by atoms with Crippen molar-refractivity contribution in [1.82, 2.24) is 0 Å². The molecule has 0 spiro atoms. The van der Waals surface area contributed by atoms with Crippen LogP contribution in [0.5, 0.6) is 0 Å². The lowest BCUT2D eigenvalue weighted by molar-refractivity contribution is 0.445. The Balaban J connectivity index is 4.08. The lowest BCUT2D eigenvalue weighted by Gasteiger charge is -2.16. The van der Waals surface area contributed by atoms with Crippen LogP contribution in [0.15, 0.2) is 0 Å². The molecule has 0 saturated heterocycles. The van der Waals surface area contributed by atoms with Crippen LogP contribution in [-0.4, -0.2) is 13.7 Å². The molecule has 0 aliphatic heterocycles. The van der Waals surface area contributed by atoms with Gasteiger partial charge in [0, 0.05) is 0 Å². The fourth-order valence-corrected chi connectivity index (χ4v) is 1.77. The van der Waals surface area contributed by atoms with Crippen molar-refractivity contribution in [2.45, 2.75) is 45.3 Å². The van der Waals surface area contributed by atoms with Gasteiger partial charge in [0.15, 0.2) is 0 Å². The molecule has 0 aliphatic carbocycles. The van der Waals surface area contributed by atoms with Crippen molar-refractivity contribution in [3.63, 3.8) is 0 Å². The SMILES string of the molecule is CCC(CC)CC(C)S(N)(=O)=O. The summed E-state index contributed by atoms with van der Waals surface area (Å²) < 4.78 is 21.8. The van der Waals surface area contributed by atoms with Gasteiger partial charge >= 0.3 is 0 Å². The molecule has 0 amide bonds. The normalized spacial score (nSPS) is 15.1. The van der Waals surface area contributed by atoms with Gasteiger partial charge in [0.25, 0.3) is 0 Å². The lowest BCUT2D eigenvalue weighted by atomic mass is 9.98. The van der Waals surface area contributed by atoms with Gasteiger partial charge in [-0.1, -0.05) is 26.7 Å². The molecule has 0 saturated carbocycles. The minimum absolute atomic E-state index is 0.401. The molecule has 1 unspecified atom stereocenters. The molecule has 0 aromatic heterocycles. The average molecular weight is 193 g/mol. The number of primary sulfonamides is 1. The quantitative estimate of drug-likeness (QED) is 0.719. The third-order valence-corrected chi connectivity index (χ3v) is 3.69. The first kappa shape index (κ1) is 11.9. The van der Waals surface area contributed by atoms with E-state index in [0.717, 1.165) is 12.8 Å². The van der Waals surface area contributed by atoms with Crippen LogP contribution in [-0.2, 0) is 10.0 Å². The van der Waals surface area contributed by atoms with Gasteiger partial charge in [-0.25, -0.2) is 13.6 Å². The zero-order valence-corrected chi connectivity index (χ0v) is 8.89. The average Bonchev–Trinajstić information content (AvgIpc) is 1.97. The number of sulfonamides is 1. The van der Waals surface area contributed by atoms with Crippen molar-refractivity contribution < 1.29 is 8.42 Å². The highest BCUT2D eigenvalue weighted by Crippen LogP contribution is 2.17. The van der Waals surface area contributed by atoms with Gasteiger partial charge in [-0.05, 0) is 19.3 Å². The first-order valence-corrected chi connectivity index (χ1v) is 6.04. The molecule has 74 valence electrons. The Bertz CT molecular complexity index is 207. The molecule has 3 nitrogen and oxygen atoms in total. The van der Waals surface area contributed by atoms with Crippen LogP contribution in [0, 0.1) is 5.92 Å². The Labute approximate surface area is 75.4 Å². The van der Waals surface area contributed by atoms with Crippen molar-refractivity contribution in [1.29, 1.82) is 0 Å². The van der Waals surface area contributed by atoms with Gasteiger partial charge in [0.2, 0.25) is 10.0 Å². The van der Waals surface area contributed by atoms with Crippen LogP contribution < -0.4 is 5.14 Å². The summed E-state index contributed by atoms with van der Waals surface area (Å²) in [7, 11) is -3.32. The Kier molecular flexibility index (Phi) is 4.78.